The van der Waals surface area contributed by atoms with Gasteiger partial charge in [-0.05, 0) is 61.1 Å². The number of hydrogen-bond acceptors (Lipinski definition) is 10. The second kappa shape index (κ2) is 16.5. The summed E-state index contributed by atoms with van der Waals surface area (Å²) in [6, 6.07) is 10.9. The molecule has 16 heteroatoms. The van der Waals surface area contributed by atoms with Crippen molar-refractivity contribution in [3.8, 4) is 16.9 Å². The molecule has 2 N–H and O–H groups in total. The zero-order valence-electron chi connectivity index (χ0n) is 37.2. The molecule has 332 valence electrons. The van der Waals surface area contributed by atoms with Crippen LogP contribution in [0.4, 0.5) is 21.8 Å². The minimum Gasteiger partial charge on any atom is -0.489 e. The fourth-order valence-corrected chi connectivity index (χ4v) is 10.7. The summed E-state index contributed by atoms with van der Waals surface area (Å²) in [6.45, 7) is 17.6. The number of nitrogens with zero attached hydrogens (tertiary/aromatic N) is 9. The molecule has 2 amide bonds. The number of piperidine rings is 1. The first-order valence-corrected chi connectivity index (χ1v) is 22.4. The number of aryl methyl sites for hydroxylation is 2. The van der Waals surface area contributed by atoms with Crippen molar-refractivity contribution >= 4 is 40.9 Å². The molecule has 0 unspecified atom stereocenters. The molecule has 2 saturated heterocycles. The van der Waals surface area contributed by atoms with Crippen LogP contribution in [0, 0.1) is 29.5 Å². The predicted molar refractivity (Wildman–Crippen MR) is 241 cm³/mol. The fourth-order valence-electron chi connectivity index (χ4n) is 10.5. The Balaban J connectivity index is 0.770. The van der Waals surface area contributed by atoms with Crippen molar-refractivity contribution in [1.29, 1.82) is 0 Å². The number of likely N-dealkylation sites (tertiary alicyclic amines) is 1. The fraction of sp³-hybridized carbons (Fsp3) is 0.489. The van der Waals surface area contributed by atoms with Crippen LogP contribution in [0.5, 0.6) is 5.75 Å². The zero-order valence-corrected chi connectivity index (χ0v) is 37.9. The third kappa shape index (κ3) is 8.25. The smallest absolute Gasteiger partial charge is 0.254 e. The molecule has 63 heavy (non-hydrogen) atoms. The van der Waals surface area contributed by atoms with Gasteiger partial charge in [-0.15, -0.1) is 0 Å². The Bertz CT molecular complexity index is 2510. The van der Waals surface area contributed by atoms with Crippen molar-refractivity contribution in [3.05, 3.63) is 94.4 Å². The number of fused-ring (bicyclic) bond motifs is 1. The molecule has 1 saturated carbocycles. The number of amides is 2. The van der Waals surface area contributed by atoms with Crippen LogP contribution < -0.4 is 20.3 Å². The van der Waals surface area contributed by atoms with Crippen LogP contribution in [-0.4, -0.2) is 103 Å². The largest absolute Gasteiger partial charge is 0.489 e. The van der Waals surface area contributed by atoms with Crippen molar-refractivity contribution in [2.75, 3.05) is 49.5 Å². The van der Waals surface area contributed by atoms with Crippen molar-refractivity contribution in [2.45, 2.75) is 85.5 Å². The minimum absolute atomic E-state index is 0.0161. The topological polar surface area (TPSA) is 139 Å². The second-order valence-corrected chi connectivity index (χ2v) is 19.6. The third-order valence-corrected chi connectivity index (χ3v) is 14.3. The zero-order chi connectivity index (χ0) is 44.4. The first-order chi connectivity index (χ1) is 30.0. The molecule has 0 spiro atoms. The van der Waals surface area contributed by atoms with Gasteiger partial charge < -0.3 is 25.2 Å². The van der Waals surface area contributed by atoms with E-state index in [0.717, 1.165) is 79.3 Å². The summed E-state index contributed by atoms with van der Waals surface area (Å²) in [6.07, 6.45) is 9.45. The van der Waals surface area contributed by atoms with E-state index in [0.29, 0.717) is 53.5 Å². The molecule has 4 aliphatic rings. The van der Waals surface area contributed by atoms with Gasteiger partial charge in [0.1, 0.15) is 17.7 Å². The summed E-state index contributed by atoms with van der Waals surface area (Å²) in [5.41, 5.74) is 4.77. The van der Waals surface area contributed by atoms with Gasteiger partial charge in [-0.2, -0.15) is 10.2 Å². The number of nitrogens with one attached hydrogen (secondary N) is 2. The Labute approximate surface area is 373 Å². The Morgan fingerprint density at radius 2 is 1.70 bits per heavy atom. The lowest BCUT2D eigenvalue weighted by atomic mass is 9.49. The molecular weight excluding hydrogens is 821 g/mol. The van der Waals surface area contributed by atoms with Crippen LogP contribution in [0.15, 0.2) is 61.2 Å². The molecule has 0 atom stereocenters. The Morgan fingerprint density at radius 3 is 2.35 bits per heavy atom. The Hall–Kier alpha value is -5.54. The van der Waals surface area contributed by atoms with Gasteiger partial charge in [0.05, 0.1) is 30.0 Å². The number of carbonyl (C=O) groups is 2. The SMILES string of the molecule is CC(=O)N1CCc2c(c(Nc3ccc(-c4cnn(C)c4)cc3F)nn2C2CN(CC3CCN(c4ncc(C(=O)NC5C(C)(C)C(Oc6ccc(C)c(Cl)c6)C5(C)C)cn4)CC3)C2)C1. The van der Waals surface area contributed by atoms with E-state index < -0.39 is 0 Å². The van der Waals surface area contributed by atoms with E-state index in [2.05, 4.69) is 67.9 Å². The number of carbonyl (C=O) groups excluding carboxylic acids is 2. The van der Waals surface area contributed by atoms with E-state index in [1.165, 1.54) is 6.07 Å². The average Bonchev–Trinajstić information content (AvgIpc) is 3.84. The molecule has 5 aromatic rings. The van der Waals surface area contributed by atoms with Crippen LogP contribution in [0.2, 0.25) is 5.02 Å². The van der Waals surface area contributed by atoms with E-state index in [-0.39, 0.29) is 46.6 Å². The number of rotatable bonds is 11. The monoisotopic (exact) mass is 877 g/mol. The molecule has 3 aromatic heterocycles. The average molecular weight is 878 g/mol. The number of hydrogen-bond donors (Lipinski definition) is 2. The number of aromatic nitrogens is 6. The van der Waals surface area contributed by atoms with Gasteiger partial charge in [0.25, 0.3) is 5.91 Å². The maximum absolute atomic E-state index is 15.5. The summed E-state index contributed by atoms with van der Waals surface area (Å²) in [7, 11) is 1.83. The number of ether oxygens (including phenoxy) is 1. The predicted octanol–water partition coefficient (Wildman–Crippen LogP) is 7.21. The van der Waals surface area contributed by atoms with Gasteiger partial charge in [0.15, 0.2) is 5.82 Å². The van der Waals surface area contributed by atoms with Gasteiger partial charge in [-0.1, -0.05) is 51.4 Å². The van der Waals surface area contributed by atoms with Crippen molar-refractivity contribution in [2.24, 2.45) is 23.8 Å². The van der Waals surface area contributed by atoms with Crippen LogP contribution in [0.1, 0.15) is 80.7 Å². The molecule has 1 aliphatic carbocycles. The lowest BCUT2D eigenvalue weighted by molar-refractivity contribution is -0.164. The first-order valence-electron chi connectivity index (χ1n) is 22.0. The van der Waals surface area contributed by atoms with E-state index in [4.69, 9.17) is 21.4 Å². The molecule has 3 aliphatic heterocycles. The van der Waals surface area contributed by atoms with Crippen molar-refractivity contribution < 1.29 is 18.7 Å². The number of benzene rings is 2. The third-order valence-electron chi connectivity index (χ3n) is 13.9. The van der Waals surface area contributed by atoms with E-state index in [9.17, 15) is 9.59 Å². The molecule has 14 nitrogen and oxygen atoms in total. The van der Waals surface area contributed by atoms with E-state index in [1.807, 2.05) is 49.3 Å². The van der Waals surface area contributed by atoms with E-state index in [1.54, 1.807) is 36.3 Å². The summed E-state index contributed by atoms with van der Waals surface area (Å²) in [4.78, 5) is 41.7. The van der Waals surface area contributed by atoms with Crippen molar-refractivity contribution in [1.82, 2.24) is 44.6 Å². The van der Waals surface area contributed by atoms with Gasteiger partial charge >= 0.3 is 0 Å². The summed E-state index contributed by atoms with van der Waals surface area (Å²) < 4.78 is 25.7. The normalized spacial score (nSPS) is 21.0. The highest BCUT2D eigenvalue weighted by molar-refractivity contribution is 6.31. The first kappa shape index (κ1) is 42.7. The minimum atomic E-state index is -0.380. The highest BCUT2D eigenvalue weighted by atomic mass is 35.5. The molecule has 2 aromatic carbocycles. The van der Waals surface area contributed by atoms with E-state index >= 15 is 4.39 Å². The standard InChI is InChI=1S/C47H57ClFN11O3/c1-28-8-10-35(19-37(28)48)63-44-46(3,4)43(47(44,5)6)54-42(62)32-20-50-45(51-21-32)58-15-12-30(13-16-58)23-57-25-34(26-57)60-40-14-17-59(29(2)61)27-36(40)41(55-60)53-39-11-9-31(18-38(39)49)33-22-52-56(7)24-33/h8-11,18-22,24,30,34,43-44H,12-17,23,25-27H2,1-7H3,(H,53,55)(H,54,62). The Kier molecular flexibility index (Phi) is 11.2. The lowest BCUT2D eigenvalue weighted by Gasteiger charge is -2.63. The van der Waals surface area contributed by atoms with Gasteiger partial charge in [0, 0.05) is 117 Å². The Morgan fingerprint density at radius 1 is 0.968 bits per heavy atom. The molecule has 6 heterocycles. The van der Waals surface area contributed by atoms with Gasteiger partial charge in [-0.25, -0.2) is 14.4 Å². The highest BCUT2D eigenvalue weighted by Gasteiger charge is 2.64. The molecule has 0 radical (unpaired) electrons. The molecule has 9 rings (SSSR count). The summed E-state index contributed by atoms with van der Waals surface area (Å²) >= 11 is 6.37. The quantitative estimate of drug-likeness (QED) is 0.140. The van der Waals surface area contributed by atoms with Crippen LogP contribution in [-0.2, 0) is 24.8 Å². The number of halogens is 2. The summed E-state index contributed by atoms with van der Waals surface area (Å²) in [5, 5.41) is 16.4. The molecular formula is C47H57ClFN11O3. The number of anilines is 3. The summed E-state index contributed by atoms with van der Waals surface area (Å²) in [5.74, 6) is 1.95. The van der Waals surface area contributed by atoms with Gasteiger partial charge in [0.2, 0.25) is 11.9 Å². The highest BCUT2D eigenvalue weighted by Crippen LogP contribution is 2.55. The molecule has 3 fully saturated rings. The van der Waals surface area contributed by atoms with Crippen LogP contribution in [0.3, 0.4) is 0 Å². The maximum atomic E-state index is 15.5. The van der Waals surface area contributed by atoms with Crippen LogP contribution >= 0.6 is 11.6 Å². The van der Waals surface area contributed by atoms with Crippen LogP contribution in [0.25, 0.3) is 11.1 Å². The van der Waals surface area contributed by atoms with Crippen molar-refractivity contribution in [3.63, 3.8) is 0 Å². The maximum Gasteiger partial charge on any atom is 0.254 e. The molecule has 0 bridgehead atoms. The van der Waals surface area contributed by atoms with Gasteiger partial charge in [-0.3, -0.25) is 23.9 Å². The second-order valence-electron chi connectivity index (χ2n) is 19.2. The lowest BCUT2D eigenvalue weighted by Crippen LogP contribution is -2.74.